The fourth-order valence-corrected chi connectivity index (χ4v) is 10.5. The van der Waals surface area contributed by atoms with Crippen LogP contribution in [0.25, 0.3) is 6.08 Å². The van der Waals surface area contributed by atoms with Crippen molar-refractivity contribution in [2.75, 3.05) is 77.1 Å². The van der Waals surface area contributed by atoms with Gasteiger partial charge >= 0.3 is 11.9 Å². The third-order valence-electron chi connectivity index (χ3n) is 15.0. The van der Waals surface area contributed by atoms with E-state index < -0.39 is 23.9 Å². The Morgan fingerprint density at radius 3 is 1.21 bits per heavy atom. The standard InChI is InChI=1S/C32H43NO7.C31H43NO8.C2H6/c1-8-23-18-22(15-16-27(23)36-4)14-13-21(3)40-32(35)26-12-10-11-17-33(26)31(34)25(9-2)24-19-28(37-5)30(39-7)29(20-24)38-6;1-8-23(22-18-27(37-5)29(39-7)28(19-22)38-6)30(33)32-16-10-9-11-24(32)31(34)40-20(2)12-13-21-14-15-25(35-3)26(17-21)36-4;1-2/h8,15-16,18-21,25-26H,1,9-14,17H2,2-7H3;14-15,17-20,23-24H,8-13,16H2,1-7H3;1-2H3. The average Bonchev–Trinajstić information content (AvgIpc) is 3.62. The summed E-state index contributed by atoms with van der Waals surface area (Å²) in [6.45, 7) is 16.6. The Kier molecular flexibility index (Phi) is 28.0. The Morgan fingerprint density at radius 1 is 0.500 bits per heavy atom. The highest BCUT2D eigenvalue weighted by atomic mass is 16.6. The molecule has 0 saturated carbocycles. The average molecular weight is 1140 g/mol. The SMILES string of the molecule is C=Cc1cc(CCC(C)OC(=O)C2CCCCN2C(=O)C(CC)c2cc(OC)c(OC)c(OC)c2)ccc1OC.CC.CCC(C(=O)N1CCCCC1C(=O)OC(C)CCc1ccc(OC)c(OC)c1)c1cc(OC)c(OC)c(OC)c1. The van der Waals surface area contributed by atoms with Crippen molar-refractivity contribution in [1.82, 2.24) is 9.80 Å². The number of carbonyl (C=O) groups excluding carboxylic acids is 4. The highest BCUT2D eigenvalue weighted by Gasteiger charge is 2.39. The van der Waals surface area contributed by atoms with Crippen LogP contribution in [0.4, 0.5) is 0 Å². The molecular formula is C65H92N2O15. The topological polar surface area (TPSA) is 176 Å². The molecule has 4 aromatic carbocycles. The summed E-state index contributed by atoms with van der Waals surface area (Å²) >= 11 is 0. The number of methoxy groups -OCH3 is 9. The fourth-order valence-electron chi connectivity index (χ4n) is 10.5. The summed E-state index contributed by atoms with van der Waals surface area (Å²) in [4.78, 5) is 57.9. The van der Waals surface area contributed by atoms with Gasteiger partial charge in [0.2, 0.25) is 23.3 Å². The zero-order valence-corrected chi connectivity index (χ0v) is 51.4. The number of esters is 2. The minimum atomic E-state index is -0.610. The molecule has 452 valence electrons. The Balaban J connectivity index is 0.000000342. The van der Waals surface area contributed by atoms with Gasteiger partial charge in [0, 0.05) is 18.7 Å². The predicted molar refractivity (Wildman–Crippen MR) is 319 cm³/mol. The van der Waals surface area contributed by atoms with Crippen LogP contribution in [0.3, 0.4) is 0 Å². The number of likely N-dealkylation sites (tertiary alicyclic amines) is 2. The molecule has 2 amide bonds. The summed E-state index contributed by atoms with van der Waals surface area (Å²) in [5.74, 6) is 3.18. The first kappa shape index (κ1) is 67.2. The van der Waals surface area contributed by atoms with E-state index in [0.29, 0.717) is 104 Å². The molecular weight excluding hydrogens is 1050 g/mol. The Bertz CT molecular complexity index is 2640. The minimum absolute atomic E-state index is 0.0961. The molecule has 2 aliphatic rings. The van der Waals surface area contributed by atoms with E-state index in [1.807, 2.05) is 90.1 Å². The molecule has 2 fully saturated rings. The van der Waals surface area contributed by atoms with Gasteiger partial charge < -0.3 is 61.9 Å². The van der Waals surface area contributed by atoms with Crippen LogP contribution in [-0.2, 0) is 41.5 Å². The van der Waals surface area contributed by atoms with Gasteiger partial charge in [-0.2, -0.15) is 0 Å². The van der Waals surface area contributed by atoms with Crippen LogP contribution < -0.4 is 42.6 Å². The van der Waals surface area contributed by atoms with Crippen LogP contribution in [0.1, 0.15) is 145 Å². The first-order valence-electron chi connectivity index (χ1n) is 28.7. The number of rotatable bonds is 26. The van der Waals surface area contributed by atoms with Gasteiger partial charge in [0.15, 0.2) is 34.5 Å². The summed E-state index contributed by atoms with van der Waals surface area (Å²) in [5.41, 5.74) is 4.61. The van der Waals surface area contributed by atoms with Gasteiger partial charge in [-0.25, -0.2) is 9.59 Å². The molecule has 2 aliphatic heterocycles. The normalized spacial score (nSPS) is 16.1. The number of ether oxygens (including phenoxy) is 11. The van der Waals surface area contributed by atoms with E-state index >= 15 is 0 Å². The van der Waals surface area contributed by atoms with E-state index in [4.69, 9.17) is 52.1 Å². The summed E-state index contributed by atoms with van der Waals surface area (Å²) in [5, 5.41) is 0. The van der Waals surface area contributed by atoms with Gasteiger partial charge in [0.1, 0.15) is 17.8 Å². The molecule has 0 radical (unpaired) electrons. The van der Waals surface area contributed by atoms with Crippen molar-refractivity contribution in [1.29, 1.82) is 0 Å². The second-order valence-electron chi connectivity index (χ2n) is 20.0. The number of carbonyl (C=O) groups is 4. The monoisotopic (exact) mass is 1140 g/mol. The molecule has 0 N–H and O–H groups in total. The Hall–Kier alpha value is -7.30. The predicted octanol–water partition coefficient (Wildman–Crippen LogP) is 12.0. The number of nitrogens with zero attached hydrogens (tertiary/aromatic N) is 2. The van der Waals surface area contributed by atoms with Crippen LogP contribution in [-0.4, -0.2) is 135 Å². The molecule has 0 aromatic heterocycles. The van der Waals surface area contributed by atoms with Crippen LogP contribution in [0.2, 0.25) is 0 Å². The molecule has 82 heavy (non-hydrogen) atoms. The van der Waals surface area contributed by atoms with Gasteiger partial charge in [-0.05, 0) is 162 Å². The molecule has 6 rings (SSSR count). The van der Waals surface area contributed by atoms with E-state index in [1.54, 1.807) is 92.0 Å². The minimum Gasteiger partial charge on any atom is -0.496 e. The lowest BCUT2D eigenvalue weighted by Crippen LogP contribution is -2.50. The maximum Gasteiger partial charge on any atom is 0.329 e. The lowest BCUT2D eigenvalue weighted by atomic mass is 9.91. The summed E-state index contributed by atoms with van der Waals surface area (Å²) in [7, 11) is 14.1. The summed E-state index contributed by atoms with van der Waals surface area (Å²) in [6.07, 6.45) is 9.63. The van der Waals surface area contributed by atoms with Crippen LogP contribution in [0, 0.1) is 0 Å². The molecule has 0 bridgehead atoms. The van der Waals surface area contributed by atoms with Crippen LogP contribution in [0.5, 0.6) is 51.7 Å². The zero-order valence-electron chi connectivity index (χ0n) is 51.4. The number of amides is 2. The van der Waals surface area contributed by atoms with Crippen molar-refractivity contribution >= 4 is 29.8 Å². The number of hydrogen-bond donors (Lipinski definition) is 0. The van der Waals surface area contributed by atoms with E-state index in [0.717, 1.165) is 65.7 Å². The molecule has 17 heteroatoms. The maximum atomic E-state index is 13.9. The lowest BCUT2D eigenvalue weighted by Gasteiger charge is -2.37. The van der Waals surface area contributed by atoms with Gasteiger partial charge in [0.25, 0.3) is 0 Å². The van der Waals surface area contributed by atoms with E-state index in [1.165, 1.54) is 0 Å². The maximum absolute atomic E-state index is 13.9. The molecule has 17 nitrogen and oxygen atoms in total. The van der Waals surface area contributed by atoms with Gasteiger partial charge in [-0.3, -0.25) is 9.59 Å². The quantitative estimate of drug-likeness (QED) is 0.0542. The number of aryl methyl sites for hydroxylation is 2. The number of hydrogen-bond acceptors (Lipinski definition) is 15. The Morgan fingerprint density at radius 2 is 0.866 bits per heavy atom. The third kappa shape index (κ3) is 17.4. The van der Waals surface area contributed by atoms with Gasteiger partial charge in [-0.1, -0.05) is 52.5 Å². The smallest absolute Gasteiger partial charge is 0.329 e. The van der Waals surface area contributed by atoms with Crippen LogP contribution >= 0.6 is 0 Å². The third-order valence-corrected chi connectivity index (χ3v) is 15.0. The number of benzene rings is 4. The second kappa shape index (κ2) is 34.2. The first-order valence-corrected chi connectivity index (χ1v) is 28.7. The van der Waals surface area contributed by atoms with Crippen molar-refractivity contribution in [3.63, 3.8) is 0 Å². The van der Waals surface area contributed by atoms with Crippen molar-refractivity contribution < 1.29 is 71.3 Å². The van der Waals surface area contributed by atoms with E-state index in [2.05, 4.69) is 6.58 Å². The molecule has 0 aliphatic carbocycles. The molecule has 0 spiro atoms. The molecule has 2 saturated heterocycles. The molecule has 6 unspecified atom stereocenters. The Labute approximate surface area is 487 Å². The second-order valence-corrected chi connectivity index (χ2v) is 20.0. The van der Waals surface area contributed by atoms with E-state index in [9.17, 15) is 19.2 Å². The molecule has 4 aromatic rings. The van der Waals surface area contributed by atoms with Crippen LogP contribution in [0.15, 0.2) is 67.2 Å². The first-order chi connectivity index (χ1) is 39.6. The lowest BCUT2D eigenvalue weighted by molar-refractivity contribution is -0.161. The zero-order chi connectivity index (χ0) is 60.5. The highest BCUT2D eigenvalue weighted by molar-refractivity contribution is 5.90. The van der Waals surface area contributed by atoms with Crippen molar-refractivity contribution in [3.05, 3.63) is 95.1 Å². The fraction of sp³-hybridized carbons (Fsp3) is 0.538. The van der Waals surface area contributed by atoms with Crippen molar-refractivity contribution in [3.8, 4) is 51.7 Å². The molecule has 6 atom stereocenters. The van der Waals surface area contributed by atoms with Crippen molar-refractivity contribution in [2.24, 2.45) is 0 Å². The largest absolute Gasteiger partial charge is 0.496 e. The number of piperidine rings is 2. The van der Waals surface area contributed by atoms with Gasteiger partial charge in [0.05, 0.1) is 88.0 Å². The molecule has 2 heterocycles. The van der Waals surface area contributed by atoms with E-state index in [-0.39, 0.29) is 36.0 Å². The summed E-state index contributed by atoms with van der Waals surface area (Å²) < 4.78 is 60.7. The van der Waals surface area contributed by atoms with Gasteiger partial charge in [-0.15, -0.1) is 0 Å². The van der Waals surface area contributed by atoms with Crippen molar-refractivity contribution in [2.45, 2.75) is 155 Å². The summed E-state index contributed by atoms with van der Waals surface area (Å²) in [6, 6.07) is 17.8. The highest BCUT2D eigenvalue weighted by Crippen LogP contribution is 2.43.